The van der Waals surface area contributed by atoms with E-state index in [9.17, 15) is 9.59 Å². The summed E-state index contributed by atoms with van der Waals surface area (Å²) in [6, 6.07) is 6.28. The number of rotatable bonds is 4. The van der Waals surface area contributed by atoms with Gasteiger partial charge in [0.05, 0.1) is 4.88 Å². The van der Waals surface area contributed by atoms with Crippen molar-refractivity contribution < 1.29 is 9.59 Å². The Morgan fingerprint density at radius 3 is 3.07 bits per heavy atom. The van der Waals surface area contributed by atoms with E-state index in [1.54, 1.807) is 13.1 Å². The number of carbonyl (C=O) groups is 2. The van der Waals surface area contributed by atoms with E-state index < -0.39 is 0 Å². The zero-order valence-corrected chi connectivity index (χ0v) is 16.2. The average molecular weight is 382 g/mol. The molecule has 1 spiro atoms. The smallest absolute Gasteiger partial charge is 0.243 e. The van der Waals surface area contributed by atoms with Gasteiger partial charge in [0.25, 0.3) is 0 Å². The molecular formula is C21H23N3O2S. The summed E-state index contributed by atoms with van der Waals surface area (Å²) in [6.07, 6.45) is 6.65. The highest BCUT2D eigenvalue weighted by Crippen LogP contribution is 2.56. The number of Topliss-reactive ketones (excluding diaryl/α,β-unsaturated/α-hetero) is 1. The van der Waals surface area contributed by atoms with E-state index in [4.69, 9.17) is 0 Å². The highest BCUT2D eigenvalue weighted by Gasteiger charge is 2.65. The van der Waals surface area contributed by atoms with Crippen LogP contribution in [0, 0.1) is 5.92 Å². The first kappa shape index (κ1) is 17.1. The molecule has 3 saturated heterocycles. The van der Waals surface area contributed by atoms with Crippen LogP contribution in [-0.2, 0) is 11.3 Å². The molecule has 0 radical (unpaired) electrons. The normalized spacial score (nSPS) is 30.0. The Bertz CT molecular complexity index is 896. The topological polar surface area (TPSA) is 53.5 Å². The lowest BCUT2D eigenvalue weighted by atomic mass is 9.85. The van der Waals surface area contributed by atoms with Crippen LogP contribution in [0.1, 0.15) is 53.0 Å². The van der Waals surface area contributed by atoms with Gasteiger partial charge in [-0.15, -0.1) is 11.3 Å². The number of hydrogen-bond acceptors (Lipinski definition) is 5. The number of amides is 1. The van der Waals surface area contributed by atoms with Crippen molar-refractivity contribution in [1.82, 2.24) is 14.8 Å². The summed E-state index contributed by atoms with van der Waals surface area (Å²) in [7, 11) is 0. The summed E-state index contributed by atoms with van der Waals surface area (Å²) < 4.78 is 0. The number of hydrogen-bond donors (Lipinski definition) is 0. The molecule has 0 N–H and O–H groups in total. The first-order chi connectivity index (χ1) is 13.1. The van der Waals surface area contributed by atoms with E-state index in [1.165, 1.54) is 16.9 Å². The van der Waals surface area contributed by atoms with Gasteiger partial charge < -0.3 is 4.90 Å². The Balaban J connectivity index is 1.42. The molecule has 1 amide bonds. The summed E-state index contributed by atoms with van der Waals surface area (Å²) in [5.41, 5.74) is 1.98. The van der Waals surface area contributed by atoms with Crippen molar-refractivity contribution in [1.29, 1.82) is 0 Å². The molecule has 5 heterocycles. The summed E-state index contributed by atoms with van der Waals surface area (Å²) in [6.45, 7) is 4.07. The van der Waals surface area contributed by atoms with E-state index >= 15 is 0 Å². The van der Waals surface area contributed by atoms with Crippen molar-refractivity contribution in [3.63, 3.8) is 0 Å². The fraction of sp³-hybridized carbons (Fsp3) is 0.476. The molecule has 3 aliphatic heterocycles. The van der Waals surface area contributed by atoms with Gasteiger partial charge in [-0.25, -0.2) is 0 Å². The number of nitrogens with zero attached hydrogens (tertiary/aromatic N) is 3. The number of ketones is 1. The molecule has 5 rings (SSSR count). The van der Waals surface area contributed by atoms with E-state index in [-0.39, 0.29) is 17.4 Å². The number of likely N-dealkylation sites (tertiary alicyclic amines) is 1. The Hall–Kier alpha value is -2.05. The van der Waals surface area contributed by atoms with Gasteiger partial charge >= 0.3 is 0 Å². The lowest BCUT2D eigenvalue weighted by molar-refractivity contribution is -0.137. The standard InChI is InChI=1S/C21H23N3O2S/c1-14(25)19-8-16(13-27-19)18-9-17-12-23(11-15-4-2-6-22-10-15)20(26)21(17)5-3-7-24(18)21/h2,4,6,8,10,13,17-18H,3,5,7,9,11-12H2,1H3/t17-,18?,21+/m1/s1. The molecule has 3 atom stereocenters. The van der Waals surface area contributed by atoms with Crippen LogP contribution in [-0.4, -0.2) is 45.1 Å². The van der Waals surface area contributed by atoms with Crippen LogP contribution in [0.2, 0.25) is 0 Å². The zero-order valence-electron chi connectivity index (χ0n) is 15.4. The maximum Gasteiger partial charge on any atom is 0.243 e. The molecule has 5 nitrogen and oxygen atoms in total. The lowest BCUT2D eigenvalue weighted by Gasteiger charge is -2.33. The Labute approximate surface area is 163 Å². The van der Waals surface area contributed by atoms with Gasteiger partial charge in [0.15, 0.2) is 5.78 Å². The van der Waals surface area contributed by atoms with Gasteiger partial charge in [-0.05, 0) is 61.4 Å². The SMILES string of the molecule is CC(=O)c1cc(C2C[C@@H]3CN(Cc4cccnc4)C(=O)[C@]34CCCN24)cs1. The number of aromatic nitrogens is 1. The highest BCUT2D eigenvalue weighted by molar-refractivity contribution is 7.12. The maximum atomic E-state index is 13.5. The Kier molecular flexibility index (Phi) is 3.95. The first-order valence-corrected chi connectivity index (χ1v) is 10.5. The summed E-state index contributed by atoms with van der Waals surface area (Å²) in [4.78, 5) is 34.7. The zero-order chi connectivity index (χ0) is 18.6. The fourth-order valence-electron chi connectivity index (χ4n) is 5.45. The summed E-state index contributed by atoms with van der Waals surface area (Å²) in [5.74, 6) is 0.785. The van der Waals surface area contributed by atoms with Crippen LogP contribution in [0.3, 0.4) is 0 Å². The third-order valence-corrected chi connectivity index (χ3v) is 7.62. The van der Waals surface area contributed by atoms with Crippen molar-refractivity contribution in [3.8, 4) is 0 Å². The first-order valence-electron chi connectivity index (χ1n) is 9.64. The molecule has 6 heteroatoms. The summed E-state index contributed by atoms with van der Waals surface area (Å²) >= 11 is 1.53. The third-order valence-electron chi connectivity index (χ3n) is 6.57. The molecule has 140 valence electrons. The van der Waals surface area contributed by atoms with Gasteiger partial charge in [0.1, 0.15) is 5.54 Å². The van der Waals surface area contributed by atoms with Crippen molar-refractivity contribution in [3.05, 3.63) is 52.0 Å². The van der Waals surface area contributed by atoms with E-state index in [2.05, 4.69) is 15.3 Å². The third kappa shape index (κ3) is 2.50. The van der Waals surface area contributed by atoms with Crippen molar-refractivity contribution in [2.75, 3.05) is 13.1 Å². The van der Waals surface area contributed by atoms with Crippen molar-refractivity contribution in [2.24, 2.45) is 5.92 Å². The largest absolute Gasteiger partial charge is 0.336 e. The number of carbonyl (C=O) groups excluding carboxylic acids is 2. The quantitative estimate of drug-likeness (QED) is 0.763. The van der Waals surface area contributed by atoms with Crippen LogP contribution in [0.15, 0.2) is 36.0 Å². The molecular weight excluding hydrogens is 358 g/mol. The second-order valence-electron chi connectivity index (χ2n) is 8.02. The van der Waals surface area contributed by atoms with E-state index in [1.807, 2.05) is 29.3 Å². The van der Waals surface area contributed by atoms with Crippen LogP contribution in [0.4, 0.5) is 0 Å². The van der Waals surface area contributed by atoms with E-state index in [0.717, 1.165) is 42.8 Å². The molecule has 0 saturated carbocycles. The van der Waals surface area contributed by atoms with Gasteiger partial charge in [0.2, 0.25) is 5.91 Å². The second-order valence-corrected chi connectivity index (χ2v) is 8.93. The molecule has 2 aromatic rings. The average Bonchev–Trinajstić information content (AvgIpc) is 3.40. The van der Waals surface area contributed by atoms with Crippen LogP contribution < -0.4 is 0 Å². The minimum absolute atomic E-state index is 0.124. The van der Waals surface area contributed by atoms with Gasteiger partial charge in [-0.3, -0.25) is 19.5 Å². The van der Waals surface area contributed by atoms with Crippen molar-refractivity contribution >= 4 is 23.0 Å². The summed E-state index contributed by atoms with van der Waals surface area (Å²) in [5, 5.41) is 2.12. The Morgan fingerprint density at radius 2 is 2.33 bits per heavy atom. The van der Waals surface area contributed by atoms with Crippen LogP contribution >= 0.6 is 11.3 Å². The molecule has 1 unspecified atom stereocenters. The highest BCUT2D eigenvalue weighted by atomic mass is 32.1. The van der Waals surface area contributed by atoms with Gasteiger partial charge in [0, 0.05) is 37.4 Å². The molecule has 0 aromatic carbocycles. The molecule has 2 aromatic heterocycles. The predicted molar refractivity (Wildman–Crippen MR) is 103 cm³/mol. The fourth-order valence-corrected chi connectivity index (χ4v) is 6.31. The molecule has 27 heavy (non-hydrogen) atoms. The number of thiophene rings is 1. The maximum absolute atomic E-state index is 13.5. The second kappa shape index (κ2) is 6.24. The molecule has 3 aliphatic rings. The molecule has 0 aliphatic carbocycles. The molecule has 0 bridgehead atoms. The van der Waals surface area contributed by atoms with Gasteiger partial charge in [-0.1, -0.05) is 6.07 Å². The van der Waals surface area contributed by atoms with Crippen molar-refractivity contribution in [2.45, 2.75) is 44.3 Å². The minimum Gasteiger partial charge on any atom is -0.336 e. The lowest BCUT2D eigenvalue weighted by Crippen LogP contribution is -2.49. The van der Waals surface area contributed by atoms with E-state index in [0.29, 0.717) is 18.4 Å². The Morgan fingerprint density at radius 1 is 1.44 bits per heavy atom. The van der Waals surface area contributed by atoms with Crippen LogP contribution in [0.5, 0.6) is 0 Å². The molecule has 3 fully saturated rings. The minimum atomic E-state index is -0.328. The van der Waals surface area contributed by atoms with Crippen LogP contribution in [0.25, 0.3) is 0 Å². The van der Waals surface area contributed by atoms with Gasteiger partial charge in [-0.2, -0.15) is 0 Å². The number of pyridine rings is 1. The monoisotopic (exact) mass is 381 g/mol. The predicted octanol–water partition coefficient (Wildman–Crippen LogP) is 3.28.